The molecule has 1 heterocycles. The van der Waals surface area contributed by atoms with Gasteiger partial charge in [-0.15, -0.1) is 0 Å². The fourth-order valence-electron chi connectivity index (χ4n) is 2.06. The van der Waals surface area contributed by atoms with E-state index in [9.17, 15) is 10.1 Å². The van der Waals surface area contributed by atoms with Crippen LogP contribution in [0.15, 0.2) is 12.1 Å². The molecule has 0 spiro atoms. The van der Waals surface area contributed by atoms with Gasteiger partial charge in [0.1, 0.15) is 0 Å². The van der Waals surface area contributed by atoms with E-state index in [1.807, 2.05) is 0 Å². The van der Waals surface area contributed by atoms with Crippen molar-refractivity contribution in [3.05, 3.63) is 22.2 Å². The van der Waals surface area contributed by atoms with Gasteiger partial charge in [0.05, 0.1) is 12.0 Å². The van der Waals surface area contributed by atoms with E-state index in [1.54, 1.807) is 0 Å². The van der Waals surface area contributed by atoms with Crippen LogP contribution in [0.5, 0.6) is 5.88 Å². The first kappa shape index (κ1) is 14.5. The summed E-state index contributed by atoms with van der Waals surface area (Å²) in [6, 6.07) is 3.84. The molecule has 1 aliphatic carbocycles. The normalized spacial score (nSPS) is 16.0. The number of nitro groups is 1. The predicted octanol–water partition coefficient (Wildman–Crippen LogP) is 1.89. The van der Waals surface area contributed by atoms with Gasteiger partial charge in [0.25, 0.3) is 0 Å². The average Bonchev–Trinajstić information content (AvgIpc) is 3.27. The molecule has 1 aromatic heterocycles. The number of hydrogen-bond donors (Lipinski definition) is 1. The Hall–Kier alpha value is -1.89. The summed E-state index contributed by atoms with van der Waals surface area (Å²) >= 11 is 0. The van der Waals surface area contributed by atoms with E-state index < -0.39 is 4.92 Å². The van der Waals surface area contributed by atoms with Crippen LogP contribution in [0, 0.1) is 10.1 Å². The molecular weight excluding hydrogens is 260 g/mol. The molecule has 2 rings (SSSR count). The van der Waals surface area contributed by atoms with Crippen LogP contribution in [0.4, 0.5) is 11.5 Å². The highest BCUT2D eigenvalue weighted by Crippen LogP contribution is 2.28. The molecule has 7 heteroatoms. The first-order chi connectivity index (χ1) is 9.52. The SMILES string of the molecule is COc1ccc([N+](=O)[O-])c(NCC(C)N(C)C2CC2)n1. The van der Waals surface area contributed by atoms with E-state index >= 15 is 0 Å². The Morgan fingerprint density at radius 2 is 2.30 bits per heavy atom. The molecular formula is C13H20N4O3. The Balaban J connectivity index is 2.04. The Morgan fingerprint density at radius 1 is 1.60 bits per heavy atom. The zero-order valence-corrected chi connectivity index (χ0v) is 12.0. The number of likely N-dealkylation sites (N-methyl/N-ethyl adjacent to an activating group) is 1. The molecule has 0 aliphatic heterocycles. The van der Waals surface area contributed by atoms with Gasteiger partial charge >= 0.3 is 5.69 Å². The van der Waals surface area contributed by atoms with Crippen molar-refractivity contribution in [2.75, 3.05) is 26.0 Å². The fourth-order valence-corrected chi connectivity index (χ4v) is 2.06. The summed E-state index contributed by atoms with van der Waals surface area (Å²) in [5, 5.41) is 14.1. The van der Waals surface area contributed by atoms with Crippen LogP contribution in [-0.4, -0.2) is 47.6 Å². The fraction of sp³-hybridized carbons (Fsp3) is 0.615. The molecule has 7 nitrogen and oxygen atoms in total. The lowest BCUT2D eigenvalue weighted by Crippen LogP contribution is -2.36. The number of nitrogens with one attached hydrogen (secondary N) is 1. The maximum atomic E-state index is 11.0. The summed E-state index contributed by atoms with van der Waals surface area (Å²) in [5.41, 5.74) is -0.0351. The number of anilines is 1. The highest BCUT2D eigenvalue weighted by Gasteiger charge is 2.29. The highest BCUT2D eigenvalue weighted by molar-refractivity contribution is 5.57. The number of hydrogen-bond acceptors (Lipinski definition) is 6. The topological polar surface area (TPSA) is 80.5 Å². The largest absolute Gasteiger partial charge is 0.481 e. The molecule has 1 unspecified atom stereocenters. The lowest BCUT2D eigenvalue weighted by atomic mass is 10.3. The van der Waals surface area contributed by atoms with Crippen LogP contribution < -0.4 is 10.1 Å². The predicted molar refractivity (Wildman–Crippen MR) is 76.2 cm³/mol. The summed E-state index contributed by atoms with van der Waals surface area (Å²) in [4.78, 5) is 17.0. The molecule has 20 heavy (non-hydrogen) atoms. The lowest BCUT2D eigenvalue weighted by Gasteiger charge is -2.24. The number of methoxy groups -OCH3 is 1. The molecule has 0 saturated heterocycles. The van der Waals surface area contributed by atoms with E-state index in [0.29, 0.717) is 18.5 Å². The van der Waals surface area contributed by atoms with Gasteiger partial charge in [-0.2, -0.15) is 4.98 Å². The van der Waals surface area contributed by atoms with Crippen molar-refractivity contribution in [2.45, 2.75) is 31.8 Å². The third-order valence-electron chi connectivity index (χ3n) is 3.64. The van der Waals surface area contributed by atoms with Gasteiger partial charge in [-0.05, 0) is 26.8 Å². The van der Waals surface area contributed by atoms with E-state index in [1.165, 1.54) is 32.1 Å². The van der Waals surface area contributed by atoms with Crippen molar-refractivity contribution in [1.29, 1.82) is 0 Å². The van der Waals surface area contributed by atoms with E-state index in [4.69, 9.17) is 4.74 Å². The van der Waals surface area contributed by atoms with Crippen LogP contribution in [-0.2, 0) is 0 Å². The van der Waals surface area contributed by atoms with Crippen molar-refractivity contribution >= 4 is 11.5 Å². The van der Waals surface area contributed by atoms with Crippen LogP contribution >= 0.6 is 0 Å². The zero-order valence-electron chi connectivity index (χ0n) is 12.0. The Morgan fingerprint density at radius 3 is 2.85 bits per heavy atom. The second kappa shape index (κ2) is 6.04. The molecule has 0 bridgehead atoms. The summed E-state index contributed by atoms with van der Waals surface area (Å²) in [7, 11) is 3.57. The molecule has 1 atom stereocenters. The minimum absolute atomic E-state index is 0.0351. The van der Waals surface area contributed by atoms with E-state index in [2.05, 4.69) is 29.2 Å². The molecule has 1 fully saturated rings. The third kappa shape index (κ3) is 3.36. The van der Waals surface area contributed by atoms with Gasteiger partial charge in [0.15, 0.2) is 0 Å². The first-order valence-electron chi connectivity index (χ1n) is 6.68. The van der Waals surface area contributed by atoms with Crippen molar-refractivity contribution in [1.82, 2.24) is 9.88 Å². The standard InChI is InChI=1S/C13H20N4O3/c1-9(16(2)10-4-5-10)8-14-13-11(17(18)19)6-7-12(15-13)20-3/h6-7,9-10H,4-5,8H2,1-3H3,(H,14,15). The number of rotatable bonds is 7. The molecule has 1 aliphatic rings. The van der Waals surface area contributed by atoms with Crippen molar-refractivity contribution in [3.8, 4) is 5.88 Å². The Bertz CT molecular complexity index is 491. The summed E-state index contributed by atoms with van der Waals surface area (Å²) in [6.07, 6.45) is 2.47. The Kier molecular flexibility index (Phi) is 4.39. The average molecular weight is 280 g/mol. The van der Waals surface area contributed by atoms with Gasteiger partial charge in [-0.25, -0.2) is 0 Å². The zero-order chi connectivity index (χ0) is 14.7. The summed E-state index contributed by atoms with van der Waals surface area (Å²) in [6.45, 7) is 2.70. The van der Waals surface area contributed by atoms with Crippen LogP contribution in [0.3, 0.4) is 0 Å². The number of pyridine rings is 1. The maximum absolute atomic E-state index is 11.0. The van der Waals surface area contributed by atoms with Crippen LogP contribution in [0.2, 0.25) is 0 Å². The summed E-state index contributed by atoms with van der Waals surface area (Å²) < 4.78 is 5.01. The van der Waals surface area contributed by atoms with Crippen molar-refractivity contribution in [2.24, 2.45) is 0 Å². The van der Waals surface area contributed by atoms with E-state index in [-0.39, 0.29) is 17.5 Å². The van der Waals surface area contributed by atoms with Gasteiger partial charge in [-0.1, -0.05) is 0 Å². The highest BCUT2D eigenvalue weighted by atomic mass is 16.6. The minimum Gasteiger partial charge on any atom is -0.481 e. The molecule has 0 aromatic carbocycles. The second-order valence-electron chi connectivity index (χ2n) is 5.11. The van der Waals surface area contributed by atoms with Crippen LogP contribution in [0.1, 0.15) is 19.8 Å². The maximum Gasteiger partial charge on any atom is 0.311 e. The monoisotopic (exact) mass is 280 g/mol. The molecule has 0 radical (unpaired) electrons. The number of ether oxygens (including phenoxy) is 1. The minimum atomic E-state index is -0.440. The summed E-state index contributed by atoms with van der Waals surface area (Å²) in [5.74, 6) is 0.617. The molecule has 1 N–H and O–H groups in total. The van der Waals surface area contributed by atoms with Crippen molar-refractivity contribution in [3.63, 3.8) is 0 Å². The van der Waals surface area contributed by atoms with Gasteiger partial charge in [-0.3, -0.25) is 15.0 Å². The molecule has 1 aromatic rings. The van der Waals surface area contributed by atoms with E-state index in [0.717, 1.165) is 0 Å². The quantitative estimate of drug-likeness (QED) is 0.607. The smallest absolute Gasteiger partial charge is 0.311 e. The van der Waals surface area contributed by atoms with Gasteiger partial charge < -0.3 is 10.1 Å². The number of nitrogens with zero attached hydrogens (tertiary/aromatic N) is 3. The van der Waals surface area contributed by atoms with Gasteiger partial charge in [0.2, 0.25) is 11.7 Å². The second-order valence-corrected chi connectivity index (χ2v) is 5.11. The van der Waals surface area contributed by atoms with Crippen molar-refractivity contribution < 1.29 is 9.66 Å². The lowest BCUT2D eigenvalue weighted by molar-refractivity contribution is -0.384. The molecule has 110 valence electrons. The third-order valence-corrected chi connectivity index (χ3v) is 3.64. The van der Waals surface area contributed by atoms with Crippen LogP contribution in [0.25, 0.3) is 0 Å². The molecule has 1 saturated carbocycles. The van der Waals surface area contributed by atoms with Gasteiger partial charge in [0, 0.05) is 30.8 Å². The number of aromatic nitrogens is 1. The Labute approximate surface area is 118 Å². The molecule has 0 amide bonds. The first-order valence-corrected chi connectivity index (χ1v) is 6.68.